The predicted octanol–water partition coefficient (Wildman–Crippen LogP) is -2.22. The molecule has 0 aliphatic carbocycles. The van der Waals surface area contributed by atoms with Crippen molar-refractivity contribution in [2.45, 2.75) is 0 Å². The summed E-state index contributed by atoms with van der Waals surface area (Å²) in [6.45, 7) is 0.910. The third-order valence-corrected chi connectivity index (χ3v) is 0.846. The van der Waals surface area contributed by atoms with E-state index >= 15 is 0 Å². The van der Waals surface area contributed by atoms with Gasteiger partial charge < -0.3 is 16.9 Å². The number of hydrogen-bond acceptors (Lipinski definition) is 1. The van der Waals surface area contributed by atoms with Crippen molar-refractivity contribution in [1.82, 2.24) is 0 Å². The van der Waals surface area contributed by atoms with Gasteiger partial charge in [-0.25, -0.2) is 0 Å². The van der Waals surface area contributed by atoms with Crippen molar-refractivity contribution < 1.29 is 16.9 Å². The van der Waals surface area contributed by atoms with Gasteiger partial charge in [0.1, 0.15) is 0 Å². The van der Waals surface area contributed by atoms with Gasteiger partial charge in [-0.2, -0.15) is 5.26 Å². The zero-order valence-corrected chi connectivity index (χ0v) is 7.39. The lowest BCUT2D eigenvalue weighted by Gasteiger charge is -2.21. The minimum Gasteiger partial charge on any atom is -1.00 e. The fraction of sp³-hybridized carbons (Fsp3) is 0.571. The minimum absolute atomic E-state index is 0. The molecule has 0 rings (SSSR count). The number of rotatable bonds is 2. The Kier molecular flexibility index (Phi) is 6.43. The first kappa shape index (κ1) is 12.2. The molecule has 10 heavy (non-hydrogen) atoms. The van der Waals surface area contributed by atoms with E-state index in [-0.39, 0.29) is 12.4 Å². The van der Waals surface area contributed by atoms with Crippen LogP contribution in [0.15, 0.2) is 12.2 Å². The summed E-state index contributed by atoms with van der Waals surface area (Å²) in [7, 11) is 6.26. The lowest BCUT2D eigenvalue weighted by molar-refractivity contribution is -0.864. The maximum absolute atomic E-state index is 8.12. The first-order valence-electron chi connectivity index (χ1n) is 2.91. The van der Waals surface area contributed by atoms with Gasteiger partial charge in [-0.1, -0.05) is 0 Å². The summed E-state index contributed by atoms with van der Waals surface area (Å²) in [4.78, 5) is 0. The zero-order chi connectivity index (χ0) is 7.33. The number of nitriles is 1. The summed E-state index contributed by atoms with van der Waals surface area (Å²) < 4.78 is 0.873. The van der Waals surface area contributed by atoms with Crippen LogP contribution in [0.2, 0.25) is 0 Å². The first-order valence-corrected chi connectivity index (χ1v) is 2.91. The van der Waals surface area contributed by atoms with Gasteiger partial charge in [-0.3, -0.25) is 0 Å². The highest BCUT2D eigenvalue weighted by atomic mass is 35.5. The van der Waals surface area contributed by atoms with Gasteiger partial charge in [0.05, 0.1) is 33.8 Å². The van der Waals surface area contributed by atoms with E-state index in [1.807, 2.05) is 12.1 Å². The molecule has 0 unspecified atom stereocenters. The van der Waals surface area contributed by atoms with E-state index in [9.17, 15) is 0 Å². The van der Waals surface area contributed by atoms with Crippen molar-refractivity contribution in [3.8, 4) is 6.07 Å². The summed E-state index contributed by atoms with van der Waals surface area (Å²) in [6.07, 6.45) is 3.39. The molecule has 58 valence electrons. The van der Waals surface area contributed by atoms with E-state index in [1.165, 1.54) is 6.08 Å². The second kappa shape index (κ2) is 5.28. The van der Waals surface area contributed by atoms with Crippen molar-refractivity contribution in [1.29, 1.82) is 5.26 Å². The molecule has 0 aromatic carbocycles. The summed E-state index contributed by atoms with van der Waals surface area (Å²) in [5, 5.41) is 8.12. The molecule has 0 aliphatic heterocycles. The molecule has 0 aromatic rings. The van der Waals surface area contributed by atoms with Gasteiger partial charge in [-0.15, -0.1) is 0 Å². The lowest BCUT2D eigenvalue weighted by Crippen LogP contribution is -3.00. The largest absolute Gasteiger partial charge is 1.00 e. The Morgan fingerprint density at radius 1 is 1.40 bits per heavy atom. The van der Waals surface area contributed by atoms with E-state index in [0.29, 0.717) is 0 Å². The zero-order valence-electron chi connectivity index (χ0n) is 6.63. The van der Waals surface area contributed by atoms with Crippen LogP contribution in [0.25, 0.3) is 0 Å². The van der Waals surface area contributed by atoms with Crippen LogP contribution in [-0.2, 0) is 0 Å². The molecule has 0 amide bonds. The third kappa shape index (κ3) is 10.5. The van der Waals surface area contributed by atoms with Crippen LogP contribution in [0, 0.1) is 11.3 Å². The molecule has 3 heteroatoms. The highest BCUT2D eigenvalue weighted by Crippen LogP contribution is 1.88. The molecule has 0 fully saturated rings. The van der Waals surface area contributed by atoms with Gasteiger partial charge in [-0.05, 0) is 6.08 Å². The number of likely N-dealkylation sites (N-methyl/N-ethyl adjacent to an activating group) is 1. The van der Waals surface area contributed by atoms with Crippen molar-refractivity contribution in [3.05, 3.63) is 12.2 Å². The van der Waals surface area contributed by atoms with Gasteiger partial charge in [0.15, 0.2) is 0 Å². The van der Waals surface area contributed by atoms with E-state index in [4.69, 9.17) is 5.26 Å². The Balaban J connectivity index is 0. The maximum atomic E-state index is 8.12. The van der Waals surface area contributed by atoms with Crippen molar-refractivity contribution >= 4 is 0 Å². The molecule has 0 saturated carbocycles. The van der Waals surface area contributed by atoms with Crippen LogP contribution in [0.4, 0.5) is 0 Å². The molecule has 0 heterocycles. The number of halogens is 1. The van der Waals surface area contributed by atoms with E-state index in [0.717, 1.165) is 11.0 Å². The summed E-state index contributed by atoms with van der Waals surface area (Å²) >= 11 is 0. The normalized spacial score (nSPS) is 10.6. The number of allylic oxidation sites excluding steroid dienone is 1. The summed E-state index contributed by atoms with van der Waals surface area (Å²) in [5.41, 5.74) is 0. The fourth-order valence-electron chi connectivity index (χ4n) is 0.422. The van der Waals surface area contributed by atoms with E-state index < -0.39 is 0 Å². The third-order valence-electron chi connectivity index (χ3n) is 0.846. The van der Waals surface area contributed by atoms with Gasteiger partial charge >= 0.3 is 0 Å². The van der Waals surface area contributed by atoms with Crippen LogP contribution in [0.3, 0.4) is 0 Å². The monoisotopic (exact) mass is 160 g/mol. The highest BCUT2D eigenvalue weighted by molar-refractivity contribution is 5.01. The van der Waals surface area contributed by atoms with Crippen molar-refractivity contribution in [3.63, 3.8) is 0 Å². The Morgan fingerprint density at radius 2 is 1.90 bits per heavy atom. The topological polar surface area (TPSA) is 23.8 Å². The molecule has 0 aliphatic rings. The summed E-state index contributed by atoms with van der Waals surface area (Å²) in [5.74, 6) is 0. The van der Waals surface area contributed by atoms with Gasteiger partial charge in [0.25, 0.3) is 0 Å². The molecule has 0 aromatic heterocycles. The molecule has 2 nitrogen and oxygen atoms in total. The second-order valence-corrected chi connectivity index (χ2v) is 3.00. The van der Waals surface area contributed by atoms with Crippen LogP contribution < -0.4 is 12.4 Å². The van der Waals surface area contributed by atoms with Crippen molar-refractivity contribution in [2.75, 3.05) is 27.7 Å². The molecule has 0 N–H and O–H groups in total. The molecule has 0 atom stereocenters. The number of nitrogens with zero attached hydrogens (tertiary/aromatic N) is 2. The highest BCUT2D eigenvalue weighted by Gasteiger charge is 2.00. The lowest BCUT2D eigenvalue weighted by atomic mass is 10.4. The Hall–Kier alpha value is -0.520. The van der Waals surface area contributed by atoms with Crippen LogP contribution in [0.1, 0.15) is 0 Å². The fourth-order valence-corrected chi connectivity index (χ4v) is 0.422. The molecule has 0 spiro atoms. The minimum atomic E-state index is 0. The number of hydrogen-bond donors (Lipinski definition) is 0. The summed E-state index contributed by atoms with van der Waals surface area (Å²) in [6, 6.07) is 1.95. The second-order valence-electron chi connectivity index (χ2n) is 3.00. The van der Waals surface area contributed by atoms with Gasteiger partial charge in [0.2, 0.25) is 0 Å². The van der Waals surface area contributed by atoms with Gasteiger partial charge in [0, 0.05) is 6.08 Å². The Morgan fingerprint density at radius 3 is 2.20 bits per heavy atom. The van der Waals surface area contributed by atoms with Crippen LogP contribution >= 0.6 is 0 Å². The number of quaternary nitrogens is 1. The SMILES string of the molecule is C[N+](C)(C)C/C=C/C#N.[Cl-]. The molecule has 0 radical (unpaired) electrons. The van der Waals surface area contributed by atoms with Crippen LogP contribution in [0.5, 0.6) is 0 Å². The molecular formula is C7H13ClN2. The standard InChI is InChI=1S/C7H13N2.ClH/c1-9(2,3)7-5-4-6-8;/h4-5H,7H2,1-3H3;1H/q+1;/p-1/b5-4+;. The first-order chi connectivity index (χ1) is 4.06. The quantitative estimate of drug-likeness (QED) is 0.332. The molecule has 0 saturated heterocycles. The van der Waals surface area contributed by atoms with E-state index in [1.54, 1.807) is 0 Å². The molecular weight excluding hydrogens is 148 g/mol. The average molecular weight is 161 g/mol. The smallest absolute Gasteiger partial charge is 0.0977 e. The van der Waals surface area contributed by atoms with Crippen LogP contribution in [-0.4, -0.2) is 32.2 Å². The van der Waals surface area contributed by atoms with Crippen molar-refractivity contribution in [2.24, 2.45) is 0 Å². The Bertz CT molecular complexity index is 139. The molecule has 0 bridgehead atoms. The van der Waals surface area contributed by atoms with E-state index in [2.05, 4.69) is 21.1 Å². The predicted molar refractivity (Wildman–Crippen MR) is 37.7 cm³/mol. The maximum Gasteiger partial charge on any atom is 0.0977 e. The average Bonchev–Trinajstić information content (AvgIpc) is 1.63. The Labute approximate surface area is 68.8 Å².